The van der Waals surface area contributed by atoms with Gasteiger partial charge in [0.1, 0.15) is 10.7 Å². The highest BCUT2D eigenvalue weighted by Gasteiger charge is 2.34. The molecule has 3 aliphatic rings. The van der Waals surface area contributed by atoms with Gasteiger partial charge in [0.2, 0.25) is 5.13 Å². The molecular formula is C18H21N5O2S2. The van der Waals surface area contributed by atoms with Crippen LogP contribution < -0.4 is 4.90 Å². The Morgan fingerprint density at radius 2 is 1.89 bits per heavy atom. The zero-order valence-electron chi connectivity index (χ0n) is 15.1. The number of fused-ring (bicyclic) bond motifs is 1. The molecule has 1 saturated heterocycles. The Bertz CT molecular complexity index is 1000. The Hall–Kier alpha value is -2.00. The topological polar surface area (TPSA) is 78.8 Å². The molecule has 0 atom stereocenters. The van der Waals surface area contributed by atoms with Gasteiger partial charge in [-0.25, -0.2) is 4.98 Å². The summed E-state index contributed by atoms with van der Waals surface area (Å²) in [6.07, 6.45) is 4.32. The summed E-state index contributed by atoms with van der Waals surface area (Å²) in [7, 11) is -1.62. The number of anilines is 1. The van der Waals surface area contributed by atoms with Gasteiger partial charge in [-0.3, -0.25) is 0 Å². The van der Waals surface area contributed by atoms with E-state index in [2.05, 4.69) is 13.7 Å². The zero-order valence-corrected chi connectivity index (χ0v) is 16.7. The summed E-state index contributed by atoms with van der Waals surface area (Å²) in [4.78, 5) is 9.36. The maximum absolute atomic E-state index is 12.3. The van der Waals surface area contributed by atoms with Gasteiger partial charge < -0.3 is 9.80 Å². The van der Waals surface area contributed by atoms with Gasteiger partial charge in [0.25, 0.3) is 10.0 Å². The van der Waals surface area contributed by atoms with Crippen molar-refractivity contribution >= 4 is 32.5 Å². The van der Waals surface area contributed by atoms with Crippen LogP contribution in [0.4, 0.5) is 5.13 Å². The first kappa shape index (κ1) is 17.1. The van der Waals surface area contributed by atoms with Gasteiger partial charge in [-0.1, -0.05) is 12.1 Å². The maximum atomic E-state index is 12.3. The average Bonchev–Trinajstić information content (AvgIpc) is 3.35. The first-order valence-electron chi connectivity index (χ1n) is 9.29. The number of amidine groups is 1. The first-order chi connectivity index (χ1) is 13.0. The number of nitrogens with zero attached hydrogens (tertiary/aromatic N) is 5. The van der Waals surface area contributed by atoms with Crippen LogP contribution in [-0.2, 0) is 10.0 Å². The molecule has 1 aromatic carbocycles. The number of hydrogen-bond donors (Lipinski definition) is 0. The molecule has 142 valence electrons. The monoisotopic (exact) mass is 403 g/mol. The van der Waals surface area contributed by atoms with Crippen LogP contribution in [0.25, 0.3) is 0 Å². The summed E-state index contributed by atoms with van der Waals surface area (Å²) in [6, 6.07) is 7.33. The molecule has 1 aliphatic carbocycles. The summed E-state index contributed by atoms with van der Waals surface area (Å²) in [6.45, 7) is 1.80. The van der Waals surface area contributed by atoms with Gasteiger partial charge >= 0.3 is 0 Å². The highest BCUT2D eigenvalue weighted by Crippen LogP contribution is 2.40. The molecule has 2 aliphatic heterocycles. The van der Waals surface area contributed by atoms with Crippen molar-refractivity contribution in [3.05, 3.63) is 35.7 Å². The quantitative estimate of drug-likeness (QED) is 0.783. The van der Waals surface area contributed by atoms with E-state index in [-0.39, 0.29) is 6.04 Å². The molecule has 0 bridgehead atoms. The lowest BCUT2D eigenvalue weighted by molar-refractivity contribution is 0.306. The third kappa shape index (κ3) is 3.02. The fourth-order valence-corrected chi connectivity index (χ4v) is 5.86. The van der Waals surface area contributed by atoms with Crippen LogP contribution >= 0.6 is 11.5 Å². The summed E-state index contributed by atoms with van der Waals surface area (Å²) >= 11 is 1.50. The second-order valence-corrected chi connectivity index (χ2v) is 9.73. The maximum Gasteiger partial charge on any atom is 0.285 e. The first-order valence-corrected chi connectivity index (χ1v) is 11.5. The largest absolute Gasteiger partial charge is 0.355 e. The Labute approximate surface area is 163 Å². The number of rotatable bonds is 3. The van der Waals surface area contributed by atoms with E-state index in [0.717, 1.165) is 36.9 Å². The third-order valence-corrected chi connectivity index (χ3v) is 7.72. The number of sulfonamides is 1. The third-order valence-electron chi connectivity index (χ3n) is 5.60. The van der Waals surface area contributed by atoms with E-state index in [9.17, 15) is 8.42 Å². The molecule has 5 rings (SSSR count). The van der Waals surface area contributed by atoms with E-state index in [0.29, 0.717) is 22.2 Å². The lowest BCUT2D eigenvalue weighted by atomic mass is 10.0. The fourth-order valence-electron chi connectivity index (χ4n) is 3.82. The molecule has 7 nitrogen and oxygen atoms in total. The van der Waals surface area contributed by atoms with Crippen molar-refractivity contribution in [3.63, 3.8) is 0 Å². The van der Waals surface area contributed by atoms with Gasteiger partial charge in [0, 0.05) is 49.2 Å². The van der Waals surface area contributed by atoms with E-state index in [1.165, 1.54) is 24.4 Å². The van der Waals surface area contributed by atoms with E-state index in [1.807, 2.05) is 24.1 Å². The number of benzene rings is 1. The molecule has 2 aromatic rings. The molecule has 27 heavy (non-hydrogen) atoms. The molecule has 1 saturated carbocycles. The summed E-state index contributed by atoms with van der Waals surface area (Å²) in [5.74, 6) is 2.16. The Balaban J connectivity index is 1.29. The smallest absolute Gasteiger partial charge is 0.285 e. The standard InChI is InChI=1S/C18H21N5O2S2/c1-22(17-14-4-2-3-5-15(14)27(24,25)21-17)13-8-10-23(11-9-13)18-19-16(20-26-18)12-6-7-12/h2-5,12-13H,6-11H2,1H3. The van der Waals surface area contributed by atoms with Crippen LogP contribution in [0.5, 0.6) is 0 Å². The van der Waals surface area contributed by atoms with Gasteiger partial charge in [-0.05, 0) is 37.8 Å². The summed E-state index contributed by atoms with van der Waals surface area (Å²) in [5.41, 5.74) is 0.709. The van der Waals surface area contributed by atoms with Crippen molar-refractivity contribution in [1.29, 1.82) is 0 Å². The minimum Gasteiger partial charge on any atom is -0.355 e. The number of piperidine rings is 1. The van der Waals surface area contributed by atoms with Crippen molar-refractivity contribution < 1.29 is 8.42 Å². The van der Waals surface area contributed by atoms with Crippen molar-refractivity contribution in [2.45, 2.75) is 42.5 Å². The number of aromatic nitrogens is 2. The SMILES string of the molecule is CN(C1=NS(=O)(=O)c2ccccc21)C1CCN(c2nc(C3CC3)ns2)CC1. The molecular weight excluding hydrogens is 382 g/mol. The summed E-state index contributed by atoms with van der Waals surface area (Å²) in [5, 5.41) is 1.02. The highest BCUT2D eigenvalue weighted by molar-refractivity contribution is 7.90. The minimum atomic E-state index is -3.57. The molecule has 1 aromatic heterocycles. The van der Waals surface area contributed by atoms with Crippen LogP contribution in [0, 0.1) is 0 Å². The van der Waals surface area contributed by atoms with E-state index in [4.69, 9.17) is 4.98 Å². The van der Waals surface area contributed by atoms with Crippen molar-refractivity contribution in [3.8, 4) is 0 Å². The highest BCUT2D eigenvalue weighted by atomic mass is 32.2. The molecule has 0 amide bonds. The molecule has 0 radical (unpaired) electrons. The fraction of sp³-hybridized carbons (Fsp3) is 0.500. The molecule has 0 unspecified atom stereocenters. The van der Waals surface area contributed by atoms with E-state index < -0.39 is 10.0 Å². The molecule has 0 N–H and O–H groups in total. The van der Waals surface area contributed by atoms with Gasteiger partial charge in [0.15, 0.2) is 5.84 Å². The van der Waals surface area contributed by atoms with E-state index in [1.54, 1.807) is 12.1 Å². The second kappa shape index (κ2) is 6.27. The van der Waals surface area contributed by atoms with Crippen LogP contribution in [-0.4, -0.2) is 54.7 Å². The lowest BCUT2D eigenvalue weighted by Gasteiger charge is -2.37. The number of hydrogen-bond acceptors (Lipinski definition) is 7. The van der Waals surface area contributed by atoms with Gasteiger partial charge in [0.05, 0.1) is 0 Å². The molecule has 9 heteroatoms. The Morgan fingerprint density at radius 3 is 2.63 bits per heavy atom. The van der Waals surface area contributed by atoms with Crippen molar-refractivity contribution in [2.75, 3.05) is 25.0 Å². The minimum absolute atomic E-state index is 0.261. The molecule has 3 heterocycles. The van der Waals surface area contributed by atoms with Gasteiger partial charge in [-0.15, -0.1) is 4.40 Å². The second-order valence-electron chi connectivity index (χ2n) is 7.42. The van der Waals surface area contributed by atoms with Crippen molar-refractivity contribution in [2.24, 2.45) is 4.40 Å². The normalized spacial score (nSPS) is 21.8. The van der Waals surface area contributed by atoms with Crippen LogP contribution in [0.2, 0.25) is 0 Å². The average molecular weight is 404 g/mol. The van der Waals surface area contributed by atoms with E-state index >= 15 is 0 Å². The Kier molecular flexibility index (Phi) is 3.98. The zero-order chi connectivity index (χ0) is 18.6. The predicted molar refractivity (Wildman–Crippen MR) is 105 cm³/mol. The molecule has 0 spiro atoms. The lowest BCUT2D eigenvalue weighted by Crippen LogP contribution is -2.45. The van der Waals surface area contributed by atoms with Crippen LogP contribution in [0.3, 0.4) is 0 Å². The predicted octanol–water partition coefficient (Wildman–Crippen LogP) is 2.47. The molecule has 2 fully saturated rings. The Morgan fingerprint density at radius 1 is 1.15 bits per heavy atom. The van der Waals surface area contributed by atoms with Crippen molar-refractivity contribution in [1.82, 2.24) is 14.3 Å². The van der Waals surface area contributed by atoms with Crippen LogP contribution in [0.1, 0.15) is 43.0 Å². The van der Waals surface area contributed by atoms with Crippen LogP contribution in [0.15, 0.2) is 33.6 Å². The summed E-state index contributed by atoms with van der Waals surface area (Å²) < 4.78 is 33.2. The van der Waals surface area contributed by atoms with Gasteiger partial charge in [-0.2, -0.15) is 12.8 Å².